The number of hydrazine groups is 1. The molecule has 5 nitrogen and oxygen atoms in total. The average molecular weight is 233 g/mol. The van der Waals surface area contributed by atoms with Crippen molar-refractivity contribution >= 4 is 34.2 Å². The fourth-order valence-electron chi connectivity index (χ4n) is 1.46. The van der Waals surface area contributed by atoms with E-state index in [1.165, 1.54) is 11.8 Å². The first kappa shape index (κ1) is 10.3. The van der Waals surface area contributed by atoms with Gasteiger partial charge in [-0.1, -0.05) is 24.0 Å². The number of amides is 1. The second-order valence-corrected chi connectivity index (χ2v) is 4.69. The quantitative estimate of drug-likeness (QED) is 0.609. The molecule has 14 heavy (non-hydrogen) atoms. The molecule has 2 fully saturated rings. The highest BCUT2D eigenvalue weighted by molar-refractivity contribution is 8.23. The van der Waals surface area contributed by atoms with Crippen molar-refractivity contribution in [1.29, 1.82) is 0 Å². The molecule has 0 spiro atoms. The third-order valence-corrected chi connectivity index (χ3v) is 3.42. The Morgan fingerprint density at radius 1 is 1.64 bits per heavy atom. The lowest BCUT2D eigenvalue weighted by atomic mass is 10.4. The van der Waals surface area contributed by atoms with E-state index in [0.717, 1.165) is 0 Å². The van der Waals surface area contributed by atoms with Gasteiger partial charge in [-0.2, -0.15) is 0 Å². The Balaban J connectivity index is 2.05. The number of carbonyl (C=O) groups excluding carboxylic acids is 1. The second-order valence-electron chi connectivity index (χ2n) is 3.08. The van der Waals surface area contributed by atoms with Gasteiger partial charge in [-0.05, 0) is 0 Å². The first-order valence-electron chi connectivity index (χ1n) is 4.30. The zero-order valence-electron chi connectivity index (χ0n) is 7.51. The Bertz CT molecular complexity index is 258. The highest BCUT2D eigenvalue weighted by Gasteiger charge is 2.34. The van der Waals surface area contributed by atoms with Crippen LogP contribution in [0.1, 0.15) is 0 Å². The van der Waals surface area contributed by atoms with E-state index >= 15 is 0 Å². The molecule has 0 aliphatic carbocycles. The number of thioether (sulfide) groups is 1. The molecule has 2 rings (SSSR count). The maximum Gasteiger partial charge on any atom is 0.253 e. The normalized spacial score (nSPS) is 30.1. The second kappa shape index (κ2) is 4.11. The van der Waals surface area contributed by atoms with Crippen molar-refractivity contribution in [2.24, 2.45) is 5.73 Å². The standard InChI is InChI=1S/C7H11N3O2S2/c8-5-3-9(1-2-12-5)10-6(11)4-14-7(10)13/h5H,1-4,8H2. The summed E-state index contributed by atoms with van der Waals surface area (Å²) in [6, 6.07) is 0. The zero-order chi connectivity index (χ0) is 10.1. The molecule has 0 aromatic heterocycles. The van der Waals surface area contributed by atoms with Crippen LogP contribution in [0.3, 0.4) is 0 Å². The number of hydrogen-bond acceptors (Lipinski definition) is 6. The van der Waals surface area contributed by atoms with Crippen molar-refractivity contribution in [3.63, 3.8) is 0 Å². The molecule has 0 bridgehead atoms. The molecular weight excluding hydrogens is 222 g/mol. The number of nitrogens with two attached hydrogens (primary N) is 1. The molecule has 0 saturated carbocycles. The summed E-state index contributed by atoms with van der Waals surface area (Å²) in [5, 5.41) is 3.40. The first-order chi connectivity index (χ1) is 6.68. The predicted molar refractivity (Wildman–Crippen MR) is 57.4 cm³/mol. The van der Waals surface area contributed by atoms with Gasteiger partial charge in [0, 0.05) is 6.54 Å². The Morgan fingerprint density at radius 2 is 2.43 bits per heavy atom. The summed E-state index contributed by atoms with van der Waals surface area (Å²) in [5.41, 5.74) is 5.63. The van der Waals surface area contributed by atoms with Gasteiger partial charge in [-0.25, -0.2) is 10.0 Å². The van der Waals surface area contributed by atoms with E-state index in [-0.39, 0.29) is 12.1 Å². The smallest absolute Gasteiger partial charge is 0.253 e. The van der Waals surface area contributed by atoms with E-state index in [0.29, 0.717) is 29.8 Å². The van der Waals surface area contributed by atoms with Crippen LogP contribution in [-0.4, -0.2) is 51.9 Å². The number of carbonyl (C=O) groups is 1. The molecule has 1 unspecified atom stereocenters. The van der Waals surface area contributed by atoms with Crippen molar-refractivity contribution in [2.75, 3.05) is 25.4 Å². The van der Waals surface area contributed by atoms with Crippen LogP contribution < -0.4 is 5.73 Å². The van der Waals surface area contributed by atoms with Gasteiger partial charge in [0.1, 0.15) is 6.23 Å². The lowest BCUT2D eigenvalue weighted by molar-refractivity contribution is -0.144. The van der Waals surface area contributed by atoms with Crippen molar-refractivity contribution in [3.8, 4) is 0 Å². The molecule has 2 N–H and O–H groups in total. The fraction of sp³-hybridized carbons (Fsp3) is 0.714. The number of morpholine rings is 1. The molecule has 2 saturated heterocycles. The maximum atomic E-state index is 11.5. The first-order valence-corrected chi connectivity index (χ1v) is 5.69. The third-order valence-electron chi connectivity index (χ3n) is 2.08. The van der Waals surface area contributed by atoms with Crippen LogP contribution in [0.5, 0.6) is 0 Å². The van der Waals surface area contributed by atoms with Crippen LogP contribution in [0.2, 0.25) is 0 Å². The summed E-state index contributed by atoms with van der Waals surface area (Å²) in [7, 11) is 0. The van der Waals surface area contributed by atoms with Crippen molar-refractivity contribution in [3.05, 3.63) is 0 Å². The predicted octanol–water partition coefficient (Wildman–Crippen LogP) is -0.621. The monoisotopic (exact) mass is 233 g/mol. The Morgan fingerprint density at radius 3 is 3.00 bits per heavy atom. The Kier molecular flexibility index (Phi) is 3.03. The van der Waals surface area contributed by atoms with Crippen molar-refractivity contribution < 1.29 is 9.53 Å². The van der Waals surface area contributed by atoms with E-state index in [2.05, 4.69) is 0 Å². The molecule has 78 valence electrons. The van der Waals surface area contributed by atoms with Crippen LogP contribution in [-0.2, 0) is 9.53 Å². The number of rotatable bonds is 1. The van der Waals surface area contributed by atoms with E-state index in [4.69, 9.17) is 22.7 Å². The van der Waals surface area contributed by atoms with Gasteiger partial charge in [-0.3, -0.25) is 4.79 Å². The molecular formula is C7H11N3O2S2. The minimum Gasteiger partial charge on any atom is -0.361 e. The van der Waals surface area contributed by atoms with Crippen molar-refractivity contribution in [1.82, 2.24) is 10.0 Å². The maximum absolute atomic E-state index is 11.5. The molecule has 2 heterocycles. The Labute approximate surface area is 91.5 Å². The summed E-state index contributed by atoms with van der Waals surface area (Å²) in [4.78, 5) is 11.5. The SMILES string of the molecule is NC1CN(N2C(=O)CSC2=S)CCO1. The number of hydrogen-bond donors (Lipinski definition) is 1. The lowest BCUT2D eigenvalue weighted by Gasteiger charge is -2.36. The lowest BCUT2D eigenvalue weighted by Crippen LogP contribution is -2.55. The summed E-state index contributed by atoms with van der Waals surface area (Å²) in [6.45, 7) is 1.73. The highest BCUT2D eigenvalue weighted by Crippen LogP contribution is 2.22. The van der Waals surface area contributed by atoms with Crippen LogP contribution >= 0.6 is 24.0 Å². The number of ether oxygens (including phenoxy) is 1. The van der Waals surface area contributed by atoms with E-state index < -0.39 is 0 Å². The molecule has 2 aliphatic rings. The summed E-state index contributed by atoms with van der Waals surface area (Å²) in [6.07, 6.45) is -0.329. The average Bonchev–Trinajstić information content (AvgIpc) is 2.46. The van der Waals surface area contributed by atoms with E-state index in [1.807, 2.05) is 5.01 Å². The topological polar surface area (TPSA) is 58.8 Å². The van der Waals surface area contributed by atoms with E-state index in [9.17, 15) is 4.79 Å². The van der Waals surface area contributed by atoms with Gasteiger partial charge in [0.2, 0.25) is 0 Å². The molecule has 7 heteroatoms. The number of nitrogens with zero attached hydrogens (tertiary/aromatic N) is 2. The molecule has 0 aromatic rings. The third kappa shape index (κ3) is 1.91. The van der Waals surface area contributed by atoms with Crippen LogP contribution in [0.4, 0.5) is 0 Å². The van der Waals surface area contributed by atoms with Gasteiger partial charge in [0.05, 0.1) is 18.9 Å². The minimum atomic E-state index is -0.329. The van der Waals surface area contributed by atoms with Gasteiger partial charge in [0.15, 0.2) is 4.32 Å². The molecule has 0 aromatic carbocycles. The highest BCUT2D eigenvalue weighted by atomic mass is 32.2. The van der Waals surface area contributed by atoms with Gasteiger partial charge >= 0.3 is 0 Å². The fourth-order valence-corrected chi connectivity index (χ4v) is 2.57. The molecule has 0 radical (unpaired) electrons. The molecule has 1 atom stereocenters. The van der Waals surface area contributed by atoms with Gasteiger partial charge in [0.25, 0.3) is 5.91 Å². The van der Waals surface area contributed by atoms with E-state index in [1.54, 1.807) is 5.01 Å². The van der Waals surface area contributed by atoms with Crippen LogP contribution in [0, 0.1) is 0 Å². The number of thiocarbonyl (C=S) groups is 1. The Hall–Kier alpha value is -0.210. The summed E-state index contributed by atoms with van der Waals surface area (Å²) >= 11 is 6.47. The van der Waals surface area contributed by atoms with Crippen LogP contribution in [0.25, 0.3) is 0 Å². The van der Waals surface area contributed by atoms with Gasteiger partial charge in [-0.15, -0.1) is 0 Å². The van der Waals surface area contributed by atoms with Gasteiger partial charge < -0.3 is 10.5 Å². The largest absolute Gasteiger partial charge is 0.361 e. The van der Waals surface area contributed by atoms with Crippen molar-refractivity contribution in [2.45, 2.75) is 6.23 Å². The molecule has 1 amide bonds. The summed E-state index contributed by atoms with van der Waals surface area (Å²) < 4.78 is 5.80. The zero-order valence-corrected chi connectivity index (χ0v) is 9.14. The minimum absolute atomic E-state index is 0.0362. The molecule has 2 aliphatic heterocycles. The van der Waals surface area contributed by atoms with Crippen LogP contribution in [0.15, 0.2) is 0 Å². The summed E-state index contributed by atoms with van der Waals surface area (Å²) in [5.74, 6) is 0.472.